The third-order valence-corrected chi connectivity index (χ3v) is 5.11. The Hall–Kier alpha value is -2.58. The summed E-state index contributed by atoms with van der Waals surface area (Å²) in [6.45, 7) is 3.45. The topological polar surface area (TPSA) is 88.6 Å². The summed E-state index contributed by atoms with van der Waals surface area (Å²) >= 11 is 6.02. The Morgan fingerprint density at radius 2 is 2.07 bits per heavy atom. The van der Waals surface area contributed by atoms with Gasteiger partial charge in [-0.1, -0.05) is 11.6 Å². The minimum Gasteiger partial charge on any atom is -0.492 e. The number of aromatic nitrogens is 2. The molecule has 9 heteroatoms. The molecule has 0 aromatic carbocycles. The van der Waals surface area contributed by atoms with Gasteiger partial charge in [-0.3, -0.25) is 9.78 Å². The molecule has 1 spiro atoms. The van der Waals surface area contributed by atoms with Crippen LogP contribution in [-0.4, -0.2) is 56.3 Å². The number of methoxy groups -OCH3 is 1. The maximum Gasteiger partial charge on any atom is 0.254 e. The zero-order chi connectivity index (χ0) is 19.0. The molecule has 2 N–H and O–H groups in total. The van der Waals surface area contributed by atoms with Crippen LogP contribution in [0.4, 0.5) is 17.1 Å². The first-order valence-corrected chi connectivity index (χ1v) is 8.92. The normalized spacial score (nSPS) is 17.1. The molecule has 0 bridgehead atoms. The highest BCUT2D eigenvalue weighted by Crippen LogP contribution is 2.45. The second-order valence-electron chi connectivity index (χ2n) is 6.85. The van der Waals surface area contributed by atoms with E-state index < -0.39 is 0 Å². The van der Waals surface area contributed by atoms with E-state index in [0.29, 0.717) is 22.7 Å². The SMILES string of the molecule is CNC(=O)c1cnc(Cl)cc1Nc1cncc(N2CC3(COC3)C2)c1OC. The predicted molar refractivity (Wildman–Crippen MR) is 102 cm³/mol. The quantitative estimate of drug-likeness (QED) is 0.757. The van der Waals surface area contributed by atoms with E-state index >= 15 is 0 Å². The van der Waals surface area contributed by atoms with Crippen molar-refractivity contribution >= 4 is 34.6 Å². The van der Waals surface area contributed by atoms with Crippen molar-refractivity contribution in [3.8, 4) is 5.75 Å². The minimum absolute atomic E-state index is 0.264. The maximum absolute atomic E-state index is 12.1. The second-order valence-corrected chi connectivity index (χ2v) is 7.23. The number of nitrogens with one attached hydrogen (secondary N) is 2. The third-order valence-electron chi connectivity index (χ3n) is 4.90. The highest BCUT2D eigenvalue weighted by atomic mass is 35.5. The van der Waals surface area contributed by atoms with Gasteiger partial charge in [-0.25, -0.2) is 4.98 Å². The molecular weight excluding hydrogens is 370 g/mol. The molecule has 2 aromatic heterocycles. The van der Waals surface area contributed by atoms with Crippen molar-refractivity contribution in [2.45, 2.75) is 0 Å². The number of carbonyl (C=O) groups excluding carboxylic acids is 1. The van der Waals surface area contributed by atoms with Crippen LogP contribution in [0.2, 0.25) is 5.15 Å². The van der Waals surface area contributed by atoms with Gasteiger partial charge in [0, 0.05) is 26.3 Å². The zero-order valence-corrected chi connectivity index (χ0v) is 15.8. The first-order valence-electron chi connectivity index (χ1n) is 8.54. The van der Waals surface area contributed by atoms with Gasteiger partial charge in [-0.05, 0) is 6.07 Å². The summed E-state index contributed by atoms with van der Waals surface area (Å²) in [5.41, 5.74) is 2.73. The lowest BCUT2D eigenvalue weighted by Crippen LogP contribution is -2.66. The zero-order valence-electron chi connectivity index (χ0n) is 15.1. The van der Waals surface area contributed by atoms with Crippen LogP contribution in [0.15, 0.2) is 24.7 Å². The summed E-state index contributed by atoms with van der Waals surface area (Å²) in [6, 6.07) is 1.60. The number of nitrogens with zero attached hydrogens (tertiary/aromatic N) is 3. The summed E-state index contributed by atoms with van der Waals surface area (Å²) in [5.74, 6) is 0.398. The van der Waals surface area contributed by atoms with E-state index in [-0.39, 0.29) is 16.5 Å². The van der Waals surface area contributed by atoms with Crippen LogP contribution in [0.5, 0.6) is 5.75 Å². The van der Waals surface area contributed by atoms with Crippen LogP contribution in [0.25, 0.3) is 0 Å². The Labute approximate surface area is 161 Å². The molecule has 2 fully saturated rings. The highest BCUT2D eigenvalue weighted by Gasteiger charge is 2.49. The molecule has 0 radical (unpaired) electrons. The summed E-state index contributed by atoms with van der Waals surface area (Å²) < 4.78 is 11.0. The number of hydrogen-bond acceptors (Lipinski definition) is 7. The van der Waals surface area contributed by atoms with Crippen LogP contribution < -0.4 is 20.3 Å². The van der Waals surface area contributed by atoms with E-state index in [4.69, 9.17) is 21.1 Å². The van der Waals surface area contributed by atoms with Gasteiger partial charge in [0.05, 0.1) is 49.4 Å². The van der Waals surface area contributed by atoms with Gasteiger partial charge in [0.15, 0.2) is 5.75 Å². The highest BCUT2D eigenvalue weighted by molar-refractivity contribution is 6.29. The number of amides is 1. The summed E-state index contributed by atoms with van der Waals surface area (Å²) in [6.07, 6.45) is 4.88. The number of pyridine rings is 2. The number of anilines is 3. The Morgan fingerprint density at radius 1 is 1.30 bits per heavy atom. The van der Waals surface area contributed by atoms with Crippen LogP contribution in [-0.2, 0) is 4.74 Å². The number of carbonyl (C=O) groups is 1. The summed E-state index contributed by atoms with van der Waals surface area (Å²) in [4.78, 5) is 22.7. The van der Waals surface area contributed by atoms with E-state index in [1.165, 1.54) is 6.20 Å². The fourth-order valence-electron chi connectivity index (χ4n) is 3.47. The maximum atomic E-state index is 12.1. The van der Waals surface area contributed by atoms with E-state index in [1.807, 2.05) is 0 Å². The van der Waals surface area contributed by atoms with Crippen molar-refractivity contribution in [1.82, 2.24) is 15.3 Å². The summed E-state index contributed by atoms with van der Waals surface area (Å²) in [7, 11) is 3.18. The van der Waals surface area contributed by atoms with E-state index in [1.54, 1.807) is 32.6 Å². The standard InChI is InChI=1S/C18H20ClN5O3/c1-20-17(25)11-4-22-15(19)3-12(11)23-13-5-21-6-14(16(13)26-2)24-7-18(8-24)9-27-10-18/h3-6H,7-10H2,1-2H3,(H,20,25)(H,22,23). The Balaban J connectivity index is 1.64. The first-order chi connectivity index (χ1) is 13.0. The predicted octanol–water partition coefficient (Wildman–Crippen LogP) is 2.08. The number of ether oxygens (including phenoxy) is 2. The van der Waals surface area contributed by atoms with Gasteiger partial charge < -0.3 is 25.0 Å². The molecule has 2 aromatic rings. The molecule has 4 rings (SSSR count). The molecule has 0 aliphatic carbocycles. The molecule has 4 heterocycles. The van der Waals surface area contributed by atoms with Gasteiger partial charge in [0.2, 0.25) is 0 Å². The van der Waals surface area contributed by atoms with Crippen molar-refractivity contribution < 1.29 is 14.3 Å². The van der Waals surface area contributed by atoms with Crippen molar-refractivity contribution in [3.63, 3.8) is 0 Å². The largest absolute Gasteiger partial charge is 0.492 e. The minimum atomic E-state index is -0.264. The molecule has 8 nitrogen and oxygen atoms in total. The Kier molecular flexibility index (Phi) is 4.53. The van der Waals surface area contributed by atoms with Crippen LogP contribution in [0.3, 0.4) is 0 Å². The summed E-state index contributed by atoms with van der Waals surface area (Å²) in [5, 5.41) is 6.09. The van der Waals surface area contributed by atoms with E-state index in [9.17, 15) is 4.79 Å². The molecule has 0 saturated carbocycles. The lowest BCUT2D eigenvalue weighted by molar-refractivity contribution is -0.127. The molecular formula is C18H20ClN5O3. The van der Waals surface area contributed by atoms with Gasteiger partial charge >= 0.3 is 0 Å². The molecule has 2 aliphatic rings. The van der Waals surface area contributed by atoms with E-state index in [2.05, 4.69) is 25.5 Å². The lowest BCUT2D eigenvalue weighted by atomic mass is 9.78. The fraction of sp³-hybridized carbons (Fsp3) is 0.389. The molecule has 0 unspecified atom stereocenters. The van der Waals surface area contributed by atoms with Gasteiger partial charge in [0.25, 0.3) is 5.91 Å². The monoisotopic (exact) mass is 389 g/mol. The van der Waals surface area contributed by atoms with Crippen LogP contribution in [0.1, 0.15) is 10.4 Å². The lowest BCUT2D eigenvalue weighted by Gasteiger charge is -2.56. The van der Waals surface area contributed by atoms with Gasteiger partial charge in [-0.2, -0.15) is 0 Å². The first kappa shape index (κ1) is 17.8. The molecule has 1 amide bonds. The Bertz CT molecular complexity index is 879. The Morgan fingerprint density at radius 3 is 2.70 bits per heavy atom. The molecule has 2 aliphatic heterocycles. The smallest absolute Gasteiger partial charge is 0.254 e. The molecule has 142 valence electrons. The van der Waals surface area contributed by atoms with Crippen molar-refractivity contribution in [1.29, 1.82) is 0 Å². The molecule has 2 saturated heterocycles. The van der Waals surface area contributed by atoms with Gasteiger partial charge in [-0.15, -0.1) is 0 Å². The van der Waals surface area contributed by atoms with Crippen molar-refractivity contribution in [3.05, 3.63) is 35.4 Å². The number of halogens is 1. The van der Waals surface area contributed by atoms with Gasteiger partial charge in [0.1, 0.15) is 16.5 Å². The van der Waals surface area contributed by atoms with Crippen molar-refractivity contribution in [2.75, 3.05) is 50.7 Å². The second kappa shape index (κ2) is 6.86. The number of rotatable bonds is 5. The van der Waals surface area contributed by atoms with E-state index in [0.717, 1.165) is 32.0 Å². The fourth-order valence-corrected chi connectivity index (χ4v) is 3.63. The average Bonchev–Trinajstić information content (AvgIpc) is 2.59. The molecule has 0 atom stereocenters. The van der Waals surface area contributed by atoms with Crippen LogP contribution >= 0.6 is 11.6 Å². The number of hydrogen-bond donors (Lipinski definition) is 2. The van der Waals surface area contributed by atoms with Crippen molar-refractivity contribution in [2.24, 2.45) is 5.41 Å². The third kappa shape index (κ3) is 3.15. The molecule has 27 heavy (non-hydrogen) atoms. The average molecular weight is 390 g/mol. The van der Waals surface area contributed by atoms with Crippen LogP contribution in [0, 0.1) is 5.41 Å².